The van der Waals surface area contributed by atoms with Gasteiger partial charge in [-0.3, -0.25) is 9.78 Å². The molecule has 1 aromatic heterocycles. The van der Waals surface area contributed by atoms with Crippen molar-refractivity contribution in [2.24, 2.45) is 0 Å². The van der Waals surface area contributed by atoms with E-state index < -0.39 is 0 Å². The Morgan fingerprint density at radius 1 is 1.54 bits per heavy atom. The van der Waals surface area contributed by atoms with E-state index in [1.807, 2.05) is 6.07 Å². The minimum absolute atomic E-state index is 0.464. The Balaban J connectivity index is 1.91. The Bertz CT molecular complexity index is 290. The molecule has 1 aromatic rings. The first-order valence-corrected chi connectivity index (χ1v) is 4.40. The standard InChI is InChI=1S/C10H11NO2/c12-6-9-2-1-8(5-11-9)7-13-10-3-4-10/h1-2,5-6,10H,3-4,7H2. The van der Waals surface area contributed by atoms with Crippen LogP contribution in [0.15, 0.2) is 18.3 Å². The lowest BCUT2D eigenvalue weighted by Gasteiger charge is -2.01. The van der Waals surface area contributed by atoms with Gasteiger partial charge in [0, 0.05) is 6.20 Å². The fourth-order valence-electron chi connectivity index (χ4n) is 1.04. The van der Waals surface area contributed by atoms with Gasteiger partial charge in [-0.1, -0.05) is 6.07 Å². The van der Waals surface area contributed by atoms with Gasteiger partial charge < -0.3 is 4.74 Å². The predicted molar refractivity (Wildman–Crippen MR) is 47.4 cm³/mol. The number of carbonyl (C=O) groups excluding carboxylic acids is 1. The minimum Gasteiger partial charge on any atom is -0.373 e. The van der Waals surface area contributed by atoms with Crippen LogP contribution in [-0.2, 0) is 11.3 Å². The molecule has 0 aliphatic heterocycles. The average molecular weight is 177 g/mol. The van der Waals surface area contributed by atoms with Crippen LogP contribution in [0.2, 0.25) is 0 Å². The van der Waals surface area contributed by atoms with Crippen molar-refractivity contribution < 1.29 is 9.53 Å². The van der Waals surface area contributed by atoms with E-state index in [-0.39, 0.29) is 0 Å². The number of aldehydes is 1. The minimum atomic E-state index is 0.464. The first kappa shape index (κ1) is 8.38. The van der Waals surface area contributed by atoms with Gasteiger partial charge in [-0.2, -0.15) is 0 Å². The molecule has 0 radical (unpaired) electrons. The second-order valence-electron chi connectivity index (χ2n) is 3.22. The third-order valence-electron chi connectivity index (χ3n) is 1.98. The van der Waals surface area contributed by atoms with Crippen molar-refractivity contribution in [2.75, 3.05) is 0 Å². The van der Waals surface area contributed by atoms with E-state index >= 15 is 0 Å². The summed E-state index contributed by atoms with van der Waals surface area (Å²) in [5.74, 6) is 0. The number of pyridine rings is 1. The summed E-state index contributed by atoms with van der Waals surface area (Å²) in [6, 6.07) is 3.58. The van der Waals surface area contributed by atoms with Crippen LogP contribution in [-0.4, -0.2) is 17.4 Å². The van der Waals surface area contributed by atoms with Crippen molar-refractivity contribution in [1.82, 2.24) is 4.98 Å². The molecule has 0 amide bonds. The number of nitrogens with zero attached hydrogens (tertiary/aromatic N) is 1. The van der Waals surface area contributed by atoms with E-state index in [2.05, 4.69) is 4.98 Å². The summed E-state index contributed by atoms with van der Waals surface area (Å²) >= 11 is 0. The van der Waals surface area contributed by atoms with Crippen LogP contribution in [0.5, 0.6) is 0 Å². The number of hydrogen-bond acceptors (Lipinski definition) is 3. The molecule has 1 heterocycles. The molecule has 68 valence electrons. The lowest BCUT2D eigenvalue weighted by molar-refractivity contribution is 0.105. The van der Waals surface area contributed by atoms with Crippen molar-refractivity contribution in [2.45, 2.75) is 25.6 Å². The summed E-state index contributed by atoms with van der Waals surface area (Å²) in [6.45, 7) is 0.608. The van der Waals surface area contributed by atoms with Gasteiger partial charge in [-0.25, -0.2) is 0 Å². The zero-order chi connectivity index (χ0) is 9.10. The highest BCUT2D eigenvalue weighted by Crippen LogP contribution is 2.24. The number of carbonyl (C=O) groups is 1. The van der Waals surface area contributed by atoms with Gasteiger partial charge in [0.15, 0.2) is 6.29 Å². The first-order valence-electron chi connectivity index (χ1n) is 4.40. The van der Waals surface area contributed by atoms with Crippen LogP contribution in [0.1, 0.15) is 28.9 Å². The van der Waals surface area contributed by atoms with Crippen molar-refractivity contribution in [3.63, 3.8) is 0 Å². The molecular weight excluding hydrogens is 166 g/mol. The Morgan fingerprint density at radius 3 is 2.92 bits per heavy atom. The monoisotopic (exact) mass is 177 g/mol. The number of aromatic nitrogens is 1. The van der Waals surface area contributed by atoms with E-state index in [4.69, 9.17) is 4.74 Å². The normalized spacial score (nSPS) is 15.7. The maximum atomic E-state index is 10.3. The van der Waals surface area contributed by atoms with Gasteiger partial charge in [0.25, 0.3) is 0 Å². The van der Waals surface area contributed by atoms with Gasteiger partial charge in [-0.15, -0.1) is 0 Å². The second-order valence-corrected chi connectivity index (χ2v) is 3.22. The first-order chi connectivity index (χ1) is 6.38. The summed E-state index contributed by atoms with van der Waals surface area (Å²) in [7, 11) is 0. The molecule has 0 spiro atoms. The molecule has 1 aliphatic rings. The highest BCUT2D eigenvalue weighted by molar-refractivity contribution is 5.71. The third-order valence-corrected chi connectivity index (χ3v) is 1.98. The molecule has 0 bridgehead atoms. The van der Waals surface area contributed by atoms with E-state index in [9.17, 15) is 4.79 Å². The molecule has 1 saturated carbocycles. The summed E-state index contributed by atoms with van der Waals surface area (Å²) in [5.41, 5.74) is 1.49. The molecule has 0 atom stereocenters. The van der Waals surface area contributed by atoms with Crippen molar-refractivity contribution in [1.29, 1.82) is 0 Å². The molecule has 2 rings (SSSR count). The zero-order valence-electron chi connectivity index (χ0n) is 7.27. The summed E-state index contributed by atoms with van der Waals surface area (Å²) in [5, 5.41) is 0. The van der Waals surface area contributed by atoms with Crippen molar-refractivity contribution >= 4 is 6.29 Å². The van der Waals surface area contributed by atoms with E-state index in [0.29, 0.717) is 18.4 Å². The zero-order valence-corrected chi connectivity index (χ0v) is 7.27. The molecular formula is C10H11NO2. The Morgan fingerprint density at radius 2 is 2.38 bits per heavy atom. The Hall–Kier alpha value is -1.22. The summed E-state index contributed by atoms with van der Waals surface area (Å²) in [6.07, 6.45) is 5.25. The Kier molecular flexibility index (Phi) is 2.36. The summed E-state index contributed by atoms with van der Waals surface area (Å²) < 4.78 is 5.48. The molecule has 0 aromatic carbocycles. The van der Waals surface area contributed by atoms with Crippen LogP contribution in [0.4, 0.5) is 0 Å². The van der Waals surface area contributed by atoms with E-state index in [1.165, 1.54) is 12.8 Å². The molecule has 3 nitrogen and oxygen atoms in total. The molecule has 3 heteroatoms. The third kappa shape index (κ3) is 2.36. The smallest absolute Gasteiger partial charge is 0.168 e. The fraction of sp³-hybridized carbons (Fsp3) is 0.400. The highest BCUT2D eigenvalue weighted by atomic mass is 16.5. The van der Waals surface area contributed by atoms with Gasteiger partial charge in [0.1, 0.15) is 5.69 Å². The highest BCUT2D eigenvalue weighted by Gasteiger charge is 2.21. The maximum Gasteiger partial charge on any atom is 0.168 e. The van der Waals surface area contributed by atoms with Gasteiger partial charge in [-0.05, 0) is 24.5 Å². The number of ether oxygens (including phenoxy) is 1. The maximum absolute atomic E-state index is 10.3. The lowest BCUT2D eigenvalue weighted by Crippen LogP contribution is -1.96. The van der Waals surface area contributed by atoms with Gasteiger partial charge >= 0.3 is 0 Å². The fourth-order valence-corrected chi connectivity index (χ4v) is 1.04. The van der Waals surface area contributed by atoms with Crippen LogP contribution in [0, 0.1) is 0 Å². The van der Waals surface area contributed by atoms with Gasteiger partial charge in [0.2, 0.25) is 0 Å². The molecule has 1 aliphatic carbocycles. The largest absolute Gasteiger partial charge is 0.373 e. The van der Waals surface area contributed by atoms with Crippen molar-refractivity contribution in [3.8, 4) is 0 Å². The van der Waals surface area contributed by atoms with Crippen LogP contribution in [0.25, 0.3) is 0 Å². The molecule has 0 saturated heterocycles. The topological polar surface area (TPSA) is 39.2 Å². The average Bonchev–Trinajstić information content (AvgIpc) is 2.99. The molecule has 1 fully saturated rings. The quantitative estimate of drug-likeness (QED) is 0.655. The Labute approximate surface area is 76.7 Å². The van der Waals surface area contributed by atoms with E-state index in [1.54, 1.807) is 12.3 Å². The molecule has 0 unspecified atom stereocenters. The second kappa shape index (κ2) is 3.66. The number of hydrogen-bond donors (Lipinski definition) is 0. The van der Waals surface area contributed by atoms with Crippen molar-refractivity contribution in [3.05, 3.63) is 29.6 Å². The van der Waals surface area contributed by atoms with Crippen LogP contribution >= 0.6 is 0 Å². The predicted octanol–water partition coefficient (Wildman–Crippen LogP) is 1.57. The SMILES string of the molecule is O=Cc1ccc(COC2CC2)cn1. The van der Waals surface area contributed by atoms with Gasteiger partial charge in [0.05, 0.1) is 12.7 Å². The molecule has 0 N–H and O–H groups in total. The van der Waals surface area contributed by atoms with Crippen LogP contribution in [0.3, 0.4) is 0 Å². The van der Waals surface area contributed by atoms with E-state index in [0.717, 1.165) is 11.8 Å². The summed E-state index contributed by atoms with van der Waals surface area (Å²) in [4.78, 5) is 14.2. The van der Waals surface area contributed by atoms with Crippen LogP contribution < -0.4 is 0 Å². The lowest BCUT2D eigenvalue weighted by atomic mass is 10.3. The molecule has 13 heavy (non-hydrogen) atoms. The number of rotatable bonds is 4.